The van der Waals surface area contributed by atoms with E-state index in [-0.39, 0.29) is 5.97 Å². The zero-order valence-corrected chi connectivity index (χ0v) is 8.19. The first-order valence-electron chi connectivity index (χ1n) is 5.00. The van der Waals surface area contributed by atoms with Crippen LogP contribution in [0.25, 0.3) is 0 Å². The van der Waals surface area contributed by atoms with Gasteiger partial charge in [-0.3, -0.25) is 4.79 Å². The molecule has 2 aliphatic carbocycles. The largest absolute Gasteiger partial charge is 0.466 e. The number of allylic oxidation sites excluding steroid dienone is 2. The normalized spacial score (nSPS) is 41.1. The number of hydrogen-bond donors (Lipinski definition) is 0. The molecule has 0 aromatic rings. The van der Waals surface area contributed by atoms with Gasteiger partial charge >= 0.3 is 5.97 Å². The van der Waals surface area contributed by atoms with Gasteiger partial charge in [0.05, 0.1) is 6.61 Å². The highest BCUT2D eigenvalue weighted by molar-refractivity contribution is 5.65. The molecular formula is C11H16O2. The zero-order valence-electron chi connectivity index (χ0n) is 8.19. The molecule has 2 nitrogen and oxygen atoms in total. The highest BCUT2D eigenvalue weighted by Crippen LogP contribution is 2.47. The molecule has 0 heterocycles. The minimum absolute atomic E-state index is 0.154. The van der Waals surface area contributed by atoms with Crippen molar-refractivity contribution in [3.8, 4) is 0 Å². The number of hydrogen-bond acceptors (Lipinski definition) is 2. The third kappa shape index (κ3) is 1.50. The van der Waals surface area contributed by atoms with E-state index in [9.17, 15) is 4.79 Å². The van der Waals surface area contributed by atoms with Crippen LogP contribution < -0.4 is 0 Å². The molecule has 2 heteroatoms. The summed E-state index contributed by atoms with van der Waals surface area (Å²) in [5.74, 6) is 2.51. The van der Waals surface area contributed by atoms with Crippen LogP contribution in [-0.2, 0) is 9.53 Å². The predicted molar refractivity (Wildman–Crippen MR) is 50.0 cm³/mol. The van der Waals surface area contributed by atoms with Crippen LogP contribution in [0.3, 0.4) is 0 Å². The highest BCUT2D eigenvalue weighted by Gasteiger charge is 2.42. The Hall–Kier alpha value is -0.790. The summed E-state index contributed by atoms with van der Waals surface area (Å²) < 4.78 is 5.08. The van der Waals surface area contributed by atoms with Crippen molar-refractivity contribution >= 4 is 5.97 Å². The molecule has 0 aromatic carbocycles. The Morgan fingerprint density at radius 3 is 2.69 bits per heavy atom. The van der Waals surface area contributed by atoms with E-state index >= 15 is 0 Å². The van der Waals surface area contributed by atoms with Crippen molar-refractivity contribution in [3.05, 3.63) is 12.2 Å². The SMILES string of the molecule is CC(=O)OCC1C2C=CC(C2)C1C. The topological polar surface area (TPSA) is 26.3 Å². The van der Waals surface area contributed by atoms with Crippen molar-refractivity contribution in [1.29, 1.82) is 0 Å². The average molecular weight is 180 g/mol. The van der Waals surface area contributed by atoms with Crippen LogP contribution in [0, 0.1) is 23.7 Å². The summed E-state index contributed by atoms with van der Waals surface area (Å²) >= 11 is 0. The van der Waals surface area contributed by atoms with Crippen LogP contribution in [0.4, 0.5) is 0 Å². The Bertz CT molecular complexity index is 244. The second-order valence-electron chi connectivity index (χ2n) is 4.27. The summed E-state index contributed by atoms with van der Waals surface area (Å²) in [5.41, 5.74) is 0. The van der Waals surface area contributed by atoms with Crippen LogP contribution >= 0.6 is 0 Å². The third-order valence-corrected chi connectivity index (χ3v) is 3.53. The van der Waals surface area contributed by atoms with E-state index in [1.54, 1.807) is 0 Å². The molecule has 2 bridgehead atoms. The van der Waals surface area contributed by atoms with Crippen molar-refractivity contribution in [3.63, 3.8) is 0 Å². The number of carbonyl (C=O) groups is 1. The Kier molecular flexibility index (Phi) is 2.14. The fourth-order valence-electron chi connectivity index (χ4n) is 2.66. The van der Waals surface area contributed by atoms with Crippen molar-refractivity contribution in [1.82, 2.24) is 0 Å². The maximum Gasteiger partial charge on any atom is 0.302 e. The fourth-order valence-corrected chi connectivity index (χ4v) is 2.66. The molecule has 1 fully saturated rings. The molecule has 0 saturated heterocycles. The van der Waals surface area contributed by atoms with E-state index in [0.717, 1.165) is 5.92 Å². The van der Waals surface area contributed by atoms with E-state index in [0.29, 0.717) is 24.4 Å². The lowest BCUT2D eigenvalue weighted by molar-refractivity contribution is -0.143. The second-order valence-corrected chi connectivity index (χ2v) is 4.27. The molecule has 0 amide bonds. The molecule has 0 aliphatic heterocycles. The van der Waals surface area contributed by atoms with Crippen molar-refractivity contribution in [2.75, 3.05) is 6.61 Å². The minimum Gasteiger partial charge on any atom is -0.466 e. The molecule has 2 aliphatic rings. The first-order chi connectivity index (χ1) is 6.18. The molecular weight excluding hydrogens is 164 g/mol. The lowest BCUT2D eigenvalue weighted by atomic mass is 9.85. The Balaban J connectivity index is 1.93. The second kappa shape index (κ2) is 3.17. The summed E-state index contributed by atoms with van der Waals surface area (Å²) in [5, 5.41) is 0. The van der Waals surface area contributed by atoms with Gasteiger partial charge in [0, 0.05) is 12.8 Å². The molecule has 0 N–H and O–H groups in total. The highest BCUT2D eigenvalue weighted by atomic mass is 16.5. The zero-order chi connectivity index (χ0) is 9.42. The Labute approximate surface area is 79.0 Å². The molecule has 2 rings (SSSR count). The van der Waals surface area contributed by atoms with Gasteiger partial charge in [0.1, 0.15) is 0 Å². The molecule has 0 radical (unpaired) electrons. The van der Waals surface area contributed by atoms with Gasteiger partial charge in [0.25, 0.3) is 0 Å². The van der Waals surface area contributed by atoms with Crippen LogP contribution in [0.15, 0.2) is 12.2 Å². The number of fused-ring (bicyclic) bond motifs is 2. The molecule has 13 heavy (non-hydrogen) atoms. The summed E-state index contributed by atoms with van der Waals surface area (Å²) in [7, 11) is 0. The summed E-state index contributed by atoms with van der Waals surface area (Å²) in [6.45, 7) is 4.36. The monoisotopic (exact) mass is 180 g/mol. The van der Waals surface area contributed by atoms with Gasteiger partial charge in [0.15, 0.2) is 0 Å². The van der Waals surface area contributed by atoms with Crippen LogP contribution in [-0.4, -0.2) is 12.6 Å². The smallest absolute Gasteiger partial charge is 0.302 e. The quantitative estimate of drug-likeness (QED) is 0.480. The van der Waals surface area contributed by atoms with Crippen LogP contribution in [0.2, 0.25) is 0 Å². The van der Waals surface area contributed by atoms with E-state index in [2.05, 4.69) is 19.1 Å². The predicted octanol–water partition coefficient (Wildman–Crippen LogP) is 2.01. The van der Waals surface area contributed by atoms with Gasteiger partial charge in [0.2, 0.25) is 0 Å². The molecule has 4 unspecified atom stereocenters. The van der Waals surface area contributed by atoms with Gasteiger partial charge in [-0.1, -0.05) is 19.1 Å². The number of ether oxygens (including phenoxy) is 1. The molecule has 0 spiro atoms. The lowest BCUT2D eigenvalue weighted by Gasteiger charge is -2.23. The molecule has 1 saturated carbocycles. The fraction of sp³-hybridized carbons (Fsp3) is 0.727. The number of carbonyl (C=O) groups excluding carboxylic acids is 1. The summed E-state index contributed by atoms with van der Waals surface area (Å²) in [4.78, 5) is 10.7. The number of esters is 1. The standard InChI is InChI=1S/C11H16O2/c1-7-9-3-4-10(5-9)11(7)6-13-8(2)12/h3-4,7,9-11H,5-6H2,1-2H3. The van der Waals surface area contributed by atoms with E-state index in [1.807, 2.05) is 0 Å². The maximum absolute atomic E-state index is 10.7. The van der Waals surface area contributed by atoms with E-state index < -0.39 is 0 Å². The first-order valence-corrected chi connectivity index (χ1v) is 5.00. The van der Waals surface area contributed by atoms with E-state index in [4.69, 9.17) is 4.74 Å². The van der Waals surface area contributed by atoms with Crippen LogP contribution in [0.1, 0.15) is 20.3 Å². The van der Waals surface area contributed by atoms with Gasteiger partial charge in [-0.25, -0.2) is 0 Å². The van der Waals surface area contributed by atoms with Gasteiger partial charge in [-0.15, -0.1) is 0 Å². The van der Waals surface area contributed by atoms with E-state index in [1.165, 1.54) is 13.3 Å². The average Bonchev–Trinajstić information content (AvgIpc) is 2.61. The van der Waals surface area contributed by atoms with Gasteiger partial charge < -0.3 is 4.74 Å². The van der Waals surface area contributed by atoms with Crippen molar-refractivity contribution < 1.29 is 9.53 Å². The third-order valence-electron chi connectivity index (χ3n) is 3.53. The number of rotatable bonds is 2. The lowest BCUT2D eigenvalue weighted by Crippen LogP contribution is -2.23. The van der Waals surface area contributed by atoms with Crippen molar-refractivity contribution in [2.45, 2.75) is 20.3 Å². The van der Waals surface area contributed by atoms with Gasteiger partial charge in [-0.05, 0) is 24.2 Å². The molecule has 4 atom stereocenters. The Morgan fingerprint density at radius 2 is 2.15 bits per heavy atom. The summed E-state index contributed by atoms with van der Waals surface area (Å²) in [6, 6.07) is 0. The van der Waals surface area contributed by atoms with Gasteiger partial charge in [-0.2, -0.15) is 0 Å². The van der Waals surface area contributed by atoms with Crippen LogP contribution in [0.5, 0.6) is 0 Å². The maximum atomic E-state index is 10.7. The molecule has 0 aromatic heterocycles. The first kappa shape index (κ1) is 8.79. The molecule has 72 valence electrons. The minimum atomic E-state index is -0.154. The Morgan fingerprint density at radius 1 is 1.46 bits per heavy atom. The summed E-state index contributed by atoms with van der Waals surface area (Å²) in [6.07, 6.45) is 5.88. The van der Waals surface area contributed by atoms with Crippen molar-refractivity contribution in [2.24, 2.45) is 23.7 Å².